The first-order valence-corrected chi connectivity index (χ1v) is 10.6. The SMILES string of the molecule is N[C@H]1CCCC[C@@H]1NC(=NCc1cccs1)Nc1cc(C(F)(F)F)cc(C(F)(F)F)c1. The number of rotatable bonds is 4. The number of thiophene rings is 1. The molecule has 4 nitrogen and oxygen atoms in total. The van der Waals surface area contributed by atoms with Crippen LogP contribution in [0.4, 0.5) is 32.0 Å². The predicted octanol–water partition coefficient (Wildman–Crippen LogP) is 5.61. The van der Waals surface area contributed by atoms with Crippen LogP contribution in [0.2, 0.25) is 0 Å². The number of alkyl halides is 6. The molecular weight excluding hydrogens is 442 g/mol. The zero-order valence-electron chi connectivity index (χ0n) is 16.4. The molecule has 0 amide bonds. The Hall–Kier alpha value is -2.27. The molecule has 0 unspecified atom stereocenters. The van der Waals surface area contributed by atoms with E-state index in [0.717, 1.165) is 30.6 Å². The van der Waals surface area contributed by atoms with Gasteiger partial charge in [0.1, 0.15) is 0 Å². The number of anilines is 1. The Kier molecular flexibility index (Phi) is 7.15. The monoisotopic (exact) mass is 464 g/mol. The first-order valence-electron chi connectivity index (χ1n) is 9.68. The van der Waals surface area contributed by atoms with Gasteiger partial charge in [-0.2, -0.15) is 26.3 Å². The van der Waals surface area contributed by atoms with Gasteiger partial charge in [-0.3, -0.25) is 0 Å². The molecule has 1 fully saturated rings. The molecule has 31 heavy (non-hydrogen) atoms. The van der Waals surface area contributed by atoms with Gasteiger partial charge in [-0.1, -0.05) is 18.9 Å². The van der Waals surface area contributed by atoms with Gasteiger partial charge in [0, 0.05) is 22.6 Å². The first kappa shape index (κ1) is 23.4. The highest BCUT2D eigenvalue weighted by Crippen LogP contribution is 2.37. The maximum absolute atomic E-state index is 13.2. The maximum Gasteiger partial charge on any atom is 0.416 e. The fourth-order valence-electron chi connectivity index (χ4n) is 3.36. The summed E-state index contributed by atoms with van der Waals surface area (Å²) < 4.78 is 79.1. The summed E-state index contributed by atoms with van der Waals surface area (Å²) in [7, 11) is 0. The van der Waals surface area contributed by atoms with E-state index in [1.165, 1.54) is 11.3 Å². The van der Waals surface area contributed by atoms with Gasteiger partial charge < -0.3 is 16.4 Å². The van der Waals surface area contributed by atoms with Crippen LogP contribution in [0.1, 0.15) is 41.7 Å². The van der Waals surface area contributed by atoms with Crippen molar-refractivity contribution in [3.05, 3.63) is 51.7 Å². The van der Waals surface area contributed by atoms with Crippen LogP contribution in [0.25, 0.3) is 0 Å². The summed E-state index contributed by atoms with van der Waals surface area (Å²) >= 11 is 1.44. The fourth-order valence-corrected chi connectivity index (χ4v) is 3.99. The normalized spacial score (nSPS) is 20.5. The second-order valence-electron chi connectivity index (χ2n) is 7.36. The van der Waals surface area contributed by atoms with Gasteiger partial charge in [-0.25, -0.2) is 4.99 Å². The number of benzene rings is 1. The molecule has 170 valence electrons. The Morgan fingerprint density at radius 3 is 2.23 bits per heavy atom. The van der Waals surface area contributed by atoms with E-state index in [1.54, 1.807) is 0 Å². The summed E-state index contributed by atoms with van der Waals surface area (Å²) in [6.45, 7) is 0.222. The van der Waals surface area contributed by atoms with Crippen molar-refractivity contribution in [1.82, 2.24) is 5.32 Å². The summed E-state index contributed by atoms with van der Waals surface area (Å²) in [5.74, 6) is 0.0863. The van der Waals surface area contributed by atoms with Crippen LogP contribution >= 0.6 is 11.3 Å². The Morgan fingerprint density at radius 1 is 1.03 bits per heavy atom. The van der Waals surface area contributed by atoms with Crippen molar-refractivity contribution in [2.24, 2.45) is 10.7 Å². The number of nitrogens with one attached hydrogen (secondary N) is 2. The molecule has 2 aromatic rings. The second kappa shape index (κ2) is 9.47. The number of hydrogen-bond acceptors (Lipinski definition) is 3. The minimum absolute atomic E-state index is 0.0863. The molecule has 0 saturated heterocycles. The lowest BCUT2D eigenvalue weighted by atomic mass is 9.91. The van der Waals surface area contributed by atoms with Gasteiger partial charge in [-0.15, -0.1) is 11.3 Å². The van der Waals surface area contributed by atoms with Crippen LogP contribution in [0.3, 0.4) is 0 Å². The lowest BCUT2D eigenvalue weighted by Gasteiger charge is -2.30. The van der Waals surface area contributed by atoms with Crippen molar-refractivity contribution in [2.75, 3.05) is 5.32 Å². The van der Waals surface area contributed by atoms with E-state index in [-0.39, 0.29) is 36.3 Å². The largest absolute Gasteiger partial charge is 0.416 e. The van der Waals surface area contributed by atoms with Gasteiger partial charge in [0.05, 0.1) is 17.7 Å². The predicted molar refractivity (Wildman–Crippen MR) is 109 cm³/mol. The molecular formula is C20H22F6N4S. The lowest BCUT2D eigenvalue weighted by Crippen LogP contribution is -2.51. The van der Waals surface area contributed by atoms with Gasteiger partial charge in [0.25, 0.3) is 0 Å². The van der Waals surface area contributed by atoms with Crippen molar-refractivity contribution in [3.8, 4) is 0 Å². The summed E-state index contributed by atoms with van der Waals surface area (Å²) in [5, 5.41) is 7.56. The third kappa shape index (κ3) is 6.60. The topological polar surface area (TPSA) is 62.4 Å². The van der Waals surface area contributed by atoms with Gasteiger partial charge in [0.2, 0.25) is 0 Å². The van der Waals surface area contributed by atoms with Crippen LogP contribution < -0.4 is 16.4 Å². The summed E-state index contributed by atoms with van der Waals surface area (Å²) in [5.41, 5.74) is 2.99. The molecule has 1 aliphatic rings. The number of hydrogen-bond donors (Lipinski definition) is 3. The van der Waals surface area contributed by atoms with Crippen LogP contribution in [-0.4, -0.2) is 18.0 Å². The average molecular weight is 464 g/mol. The van der Waals surface area contributed by atoms with Gasteiger partial charge >= 0.3 is 12.4 Å². The highest BCUT2D eigenvalue weighted by molar-refractivity contribution is 7.09. The standard InChI is InChI=1S/C20H22F6N4S/c21-19(22,23)12-8-13(20(24,25)26)10-14(9-12)29-18(28-11-15-4-3-7-31-15)30-17-6-2-1-5-16(17)27/h3-4,7-10,16-17H,1-2,5-6,11,27H2,(H2,28,29,30)/t16-,17-/m0/s1. The third-order valence-corrected chi connectivity index (χ3v) is 5.83. The molecule has 1 heterocycles. The van der Waals surface area contributed by atoms with E-state index in [9.17, 15) is 26.3 Å². The number of guanidine groups is 1. The maximum atomic E-state index is 13.2. The van der Waals surface area contributed by atoms with Crippen molar-refractivity contribution in [3.63, 3.8) is 0 Å². The molecule has 0 spiro atoms. The summed E-state index contributed by atoms with van der Waals surface area (Å²) in [4.78, 5) is 5.26. The Labute approximate surface area is 179 Å². The molecule has 4 N–H and O–H groups in total. The molecule has 11 heteroatoms. The van der Waals surface area contributed by atoms with E-state index in [0.29, 0.717) is 12.1 Å². The number of aliphatic imine (C=N–C) groups is 1. The molecule has 1 aromatic carbocycles. The fraction of sp³-hybridized carbons (Fsp3) is 0.450. The van der Waals surface area contributed by atoms with Crippen LogP contribution in [0, 0.1) is 0 Å². The van der Waals surface area contributed by atoms with Gasteiger partial charge in [0.15, 0.2) is 5.96 Å². The van der Waals surface area contributed by atoms with Crippen molar-refractivity contribution in [2.45, 2.75) is 56.7 Å². The van der Waals surface area contributed by atoms with Crippen molar-refractivity contribution in [1.29, 1.82) is 0 Å². The average Bonchev–Trinajstić information content (AvgIpc) is 3.20. The zero-order valence-corrected chi connectivity index (χ0v) is 17.2. The number of halogens is 6. The van der Waals surface area contributed by atoms with Gasteiger partial charge in [-0.05, 0) is 42.5 Å². The smallest absolute Gasteiger partial charge is 0.352 e. The minimum atomic E-state index is -4.93. The van der Waals surface area contributed by atoms with Crippen LogP contribution in [-0.2, 0) is 18.9 Å². The van der Waals surface area contributed by atoms with E-state index >= 15 is 0 Å². The van der Waals surface area contributed by atoms with E-state index < -0.39 is 23.5 Å². The van der Waals surface area contributed by atoms with E-state index in [1.807, 2.05) is 17.5 Å². The highest BCUT2D eigenvalue weighted by Gasteiger charge is 2.37. The molecule has 3 rings (SSSR count). The van der Waals surface area contributed by atoms with Crippen molar-refractivity contribution >= 4 is 23.0 Å². The lowest BCUT2D eigenvalue weighted by molar-refractivity contribution is -0.143. The van der Waals surface area contributed by atoms with E-state index in [4.69, 9.17) is 5.73 Å². The Morgan fingerprint density at radius 2 is 1.68 bits per heavy atom. The van der Waals surface area contributed by atoms with Crippen LogP contribution in [0.5, 0.6) is 0 Å². The quantitative estimate of drug-likeness (QED) is 0.313. The Bertz CT molecular complexity index is 860. The van der Waals surface area contributed by atoms with E-state index in [2.05, 4.69) is 15.6 Å². The molecule has 1 aliphatic carbocycles. The number of nitrogens with two attached hydrogens (primary N) is 1. The molecule has 0 radical (unpaired) electrons. The molecule has 0 aliphatic heterocycles. The first-order chi connectivity index (χ1) is 14.5. The van der Waals surface area contributed by atoms with Crippen molar-refractivity contribution < 1.29 is 26.3 Å². The van der Waals surface area contributed by atoms with Crippen LogP contribution in [0.15, 0.2) is 40.7 Å². The summed E-state index contributed by atoms with van der Waals surface area (Å²) in [6, 6.07) is 4.67. The third-order valence-electron chi connectivity index (χ3n) is 4.97. The minimum Gasteiger partial charge on any atom is -0.352 e. The molecule has 1 saturated carbocycles. The Balaban J connectivity index is 1.91. The zero-order chi connectivity index (χ0) is 22.6. The molecule has 2 atom stereocenters. The molecule has 1 aromatic heterocycles. The summed E-state index contributed by atoms with van der Waals surface area (Å²) in [6.07, 6.45) is -6.45. The second-order valence-corrected chi connectivity index (χ2v) is 8.40. The highest BCUT2D eigenvalue weighted by atomic mass is 32.1. The number of nitrogens with zero attached hydrogens (tertiary/aromatic N) is 1. The molecule has 0 bridgehead atoms.